The van der Waals surface area contributed by atoms with Crippen LogP contribution in [-0.2, 0) is 4.74 Å². The van der Waals surface area contributed by atoms with Crippen LogP contribution in [0.4, 0.5) is 25.0 Å². The van der Waals surface area contributed by atoms with Gasteiger partial charge in [0.25, 0.3) is 5.69 Å². The molecule has 0 saturated carbocycles. The predicted molar refractivity (Wildman–Crippen MR) is 75.7 cm³/mol. The molecule has 1 aliphatic heterocycles. The number of non-ortho nitro benzene ring substituents is 1. The van der Waals surface area contributed by atoms with Crippen molar-refractivity contribution in [2.24, 2.45) is 0 Å². The van der Waals surface area contributed by atoms with E-state index in [1.165, 1.54) is 0 Å². The number of amides is 2. The molecule has 0 bridgehead atoms. The first-order valence-corrected chi connectivity index (χ1v) is 6.85. The molecule has 1 fully saturated rings. The molecule has 23 heavy (non-hydrogen) atoms. The van der Waals surface area contributed by atoms with E-state index in [0.717, 1.165) is 31.0 Å². The average molecular weight is 331 g/mol. The van der Waals surface area contributed by atoms with Crippen LogP contribution in [0.15, 0.2) is 18.2 Å². The number of hydrogen-bond donors (Lipinski definition) is 2. The number of carbonyl (C=O) groups is 1. The molecule has 8 nitrogen and oxygen atoms in total. The van der Waals surface area contributed by atoms with Crippen molar-refractivity contribution in [3.8, 4) is 5.75 Å². The van der Waals surface area contributed by atoms with E-state index in [4.69, 9.17) is 4.74 Å². The monoisotopic (exact) mass is 331 g/mol. The van der Waals surface area contributed by atoms with Crippen molar-refractivity contribution >= 4 is 17.4 Å². The highest BCUT2D eigenvalue weighted by molar-refractivity contribution is 5.91. The molecule has 1 aliphatic rings. The summed E-state index contributed by atoms with van der Waals surface area (Å²) in [5.41, 5.74) is -0.578. The van der Waals surface area contributed by atoms with Crippen LogP contribution in [0.25, 0.3) is 0 Å². The Morgan fingerprint density at radius 2 is 2.30 bits per heavy atom. The normalized spacial score (nSPS) is 17.1. The van der Waals surface area contributed by atoms with Gasteiger partial charge in [-0.25, -0.2) is 4.79 Å². The van der Waals surface area contributed by atoms with Crippen molar-refractivity contribution < 1.29 is 28.0 Å². The molecule has 10 heteroatoms. The second-order valence-electron chi connectivity index (χ2n) is 4.79. The van der Waals surface area contributed by atoms with Gasteiger partial charge in [-0.1, -0.05) is 0 Å². The highest BCUT2D eigenvalue weighted by Gasteiger charge is 2.19. The van der Waals surface area contributed by atoms with Crippen LogP contribution in [-0.4, -0.2) is 36.8 Å². The fourth-order valence-electron chi connectivity index (χ4n) is 2.11. The molecule has 126 valence electrons. The number of rotatable bonds is 6. The van der Waals surface area contributed by atoms with E-state index < -0.39 is 17.6 Å². The van der Waals surface area contributed by atoms with Crippen molar-refractivity contribution in [3.63, 3.8) is 0 Å². The summed E-state index contributed by atoms with van der Waals surface area (Å²) in [6.07, 6.45) is 1.63. The fourth-order valence-corrected chi connectivity index (χ4v) is 2.11. The molecule has 0 unspecified atom stereocenters. The van der Waals surface area contributed by atoms with Crippen LogP contribution >= 0.6 is 0 Å². The SMILES string of the molecule is O=C(NC[C@H]1CCCO1)Nc1cc([N+](=O)[O-])ccc1OC(F)F. The van der Waals surface area contributed by atoms with Crippen molar-refractivity contribution in [1.82, 2.24) is 5.32 Å². The number of halogens is 2. The first-order chi connectivity index (χ1) is 11.0. The topological polar surface area (TPSA) is 103 Å². The molecule has 1 heterocycles. The van der Waals surface area contributed by atoms with Gasteiger partial charge in [0.05, 0.1) is 16.7 Å². The third-order valence-corrected chi connectivity index (χ3v) is 3.15. The van der Waals surface area contributed by atoms with Crippen LogP contribution in [0.3, 0.4) is 0 Å². The van der Waals surface area contributed by atoms with Gasteiger partial charge in [0.2, 0.25) is 0 Å². The quantitative estimate of drug-likeness (QED) is 0.616. The molecule has 0 aromatic heterocycles. The Kier molecular flexibility index (Phi) is 5.63. The van der Waals surface area contributed by atoms with Gasteiger partial charge in [-0.15, -0.1) is 0 Å². The summed E-state index contributed by atoms with van der Waals surface area (Å²) in [6.45, 7) is -2.23. The van der Waals surface area contributed by atoms with Crippen molar-refractivity contribution in [1.29, 1.82) is 0 Å². The smallest absolute Gasteiger partial charge is 0.387 e. The van der Waals surface area contributed by atoms with Gasteiger partial charge in [0.1, 0.15) is 5.75 Å². The lowest BCUT2D eigenvalue weighted by Gasteiger charge is -2.14. The van der Waals surface area contributed by atoms with E-state index in [0.29, 0.717) is 6.61 Å². The van der Waals surface area contributed by atoms with Crippen molar-refractivity contribution in [2.75, 3.05) is 18.5 Å². The number of nitro benzene ring substituents is 1. The molecule has 1 aromatic carbocycles. The van der Waals surface area contributed by atoms with E-state index in [2.05, 4.69) is 15.4 Å². The first kappa shape index (κ1) is 16.9. The summed E-state index contributed by atoms with van der Waals surface area (Å²) in [7, 11) is 0. The number of carbonyl (C=O) groups excluding carboxylic acids is 1. The maximum atomic E-state index is 12.3. The van der Waals surface area contributed by atoms with Gasteiger partial charge in [-0.2, -0.15) is 8.78 Å². The number of anilines is 1. The molecule has 1 aromatic rings. The number of nitrogens with one attached hydrogen (secondary N) is 2. The van der Waals surface area contributed by atoms with Crippen molar-refractivity contribution in [2.45, 2.75) is 25.6 Å². The molecule has 0 spiro atoms. The molecule has 2 amide bonds. The largest absolute Gasteiger partial charge is 0.433 e. The van der Waals surface area contributed by atoms with Gasteiger partial charge in [-0.3, -0.25) is 10.1 Å². The maximum absolute atomic E-state index is 12.3. The number of benzene rings is 1. The zero-order chi connectivity index (χ0) is 16.8. The number of urea groups is 1. The van der Waals surface area contributed by atoms with Gasteiger partial charge < -0.3 is 20.1 Å². The highest BCUT2D eigenvalue weighted by Crippen LogP contribution is 2.30. The van der Waals surface area contributed by atoms with Crippen LogP contribution in [0.2, 0.25) is 0 Å². The third kappa shape index (κ3) is 5.02. The Morgan fingerprint density at radius 1 is 1.52 bits per heavy atom. The number of alkyl halides is 2. The summed E-state index contributed by atoms with van der Waals surface area (Å²) in [5.74, 6) is -0.363. The molecular weight excluding hydrogens is 316 g/mol. The standard InChI is InChI=1S/C13H15F2N3O5/c14-12(15)23-11-4-3-8(18(20)21)6-10(11)17-13(19)16-7-9-2-1-5-22-9/h3-4,6,9,12H,1-2,5,7H2,(H2,16,17,19)/t9-/m1/s1. The number of nitrogens with zero attached hydrogens (tertiary/aromatic N) is 1. The van der Waals surface area contributed by atoms with Gasteiger partial charge in [-0.05, 0) is 18.9 Å². The van der Waals surface area contributed by atoms with E-state index in [1.54, 1.807) is 0 Å². The molecule has 1 atom stereocenters. The lowest BCUT2D eigenvalue weighted by molar-refractivity contribution is -0.384. The average Bonchev–Trinajstić information content (AvgIpc) is 2.99. The molecule has 0 aliphatic carbocycles. The minimum atomic E-state index is -3.12. The van der Waals surface area contributed by atoms with Crippen LogP contribution in [0.1, 0.15) is 12.8 Å². The minimum absolute atomic E-state index is 0.0948. The summed E-state index contributed by atoms with van der Waals surface area (Å²) in [5, 5.41) is 15.5. The fraction of sp³-hybridized carbons (Fsp3) is 0.462. The Balaban J connectivity index is 2.03. The minimum Gasteiger partial charge on any atom is -0.433 e. The predicted octanol–water partition coefficient (Wildman–Crippen LogP) is 2.50. The van der Waals surface area contributed by atoms with E-state index >= 15 is 0 Å². The molecule has 0 radical (unpaired) electrons. The number of hydrogen-bond acceptors (Lipinski definition) is 5. The zero-order valence-electron chi connectivity index (χ0n) is 12.0. The second kappa shape index (κ2) is 7.68. The Labute approximate surface area is 129 Å². The van der Waals surface area contributed by atoms with Crippen LogP contribution in [0, 0.1) is 10.1 Å². The third-order valence-electron chi connectivity index (χ3n) is 3.15. The molecular formula is C13H15F2N3O5. The van der Waals surface area contributed by atoms with Crippen LogP contribution in [0.5, 0.6) is 5.75 Å². The highest BCUT2D eigenvalue weighted by atomic mass is 19.3. The summed E-state index contributed by atoms with van der Waals surface area (Å²) >= 11 is 0. The first-order valence-electron chi connectivity index (χ1n) is 6.85. The molecule has 1 saturated heterocycles. The maximum Gasteiger partial charge on any atom is 0.387 e. The van der Waals surface area contributed by atoms with E-state index in [9.17, 15) is 23.7 Å². The van der Waals surface area contributed by atoms with Gasteiger partial charge in [0.15, 0.2) is 0 Å². The Hall–Kier alpha value is -2.49. The molecule has 2 rings (SSSR count). The number of ether oxygens (including phenoxy) is 2. The summed E-state index contributed by atoms with van der Waals surface area (Å²) in [4.78, 5) is 21.8. The second-order valence-corrected chi connectivity index (χ2v) is 4.79. The summed E-state index contributed by atoms with van der Waals surface area (Å²) < 4.78 is 34.3. The molecule has 2 N–H and O–H groups in total. The lowest BCUT2D eigenvalue weighted by atomic mass is 10.2. The Bertz CT molecular complexity index is 579. The van der Waals surface area contributed by atoms with Crippen molar-refractivity contribution in [3.05, 3.63) is 28.3 Å². The van der Waals surface area contributed by atoms with Gasteiger partial charge >= 0.3 is 12.6 Å². The lowest BCUT2D eigenvalue weighted by Crippen LogP contribution is -2.35. The summed E-state index contributed by atoms with van der Waals surface area (Å²) in [6, 6.07) is 2.26. The van der Waals surface area contributed by atoms with Gasteiger partial charge in [0, 0.05) is 25.3 Å². The van der Waals surface area contributed by atoms with E-state index in [1.807, 2.05) is 0 Å². The van der Waals surface area contributed by atoms with Crippen LogP contribution < -0.4 is 15.4 Å². The zero-order valence-corrected chi connectivity index (χ0v) is 12.0. The van der Waals surface area contributed by atoms with E-state index in [-0.39, 0.29) is 29.8 Å². The Morgan fingerprint density at radius 3 is 2.91 bits per heavy atom. The number of nitro groups is 1.